The number of carbonyl (C=O) groups is 1. The Kier molecular flexibility index (Phi) is 5.03. The average Bonchev–Trinajstić information content (AvgIpc) is 3.10. The standard InChI is InChI=1S/C18H15FN2O4/c1-12(24-15-5-3-2-4-6-15)18(22)23-11-16-20-21-17(25-16)13-7-9-14(19)10-8-13/h2-10,12H,11H2,1H3/t12-/m0/s1. The maximum Gasteiger partial charge on any atom is 0.347 e. The van der Waals surface area contributed by atoms with Crippen molar-refractivity contribution in [2.45, 2.75) is 19.6 Å². The summed E-state index contributed by atoms with van der Waals surface area (Å²) in [4.78, 5) is 12.0. The molecule has 0 unspecified atom stereocenters. The van der Waals surface area contributed by atoms with Crippen LogP contribution in [-0.2, 0) is 16.1 Å². The quantitative estimate of drug-likeness (QED) is 0.639. The number of esters is 1. The van der Waals surface area contributed by atoms with E-state index in [1.54, 1.807) is 19.1 Å². The van der Waals surface area contributed by atoms with Gasteiger partial charge >= 0.3 is 5.97 Å². The summed E-state index contributed by atoms with van der Waals surface area (Å²) in [7, 11) is 0. The zero-order valence-electron chi connectivity index (χ0n) is 13.4. The Hall–Kier alpha value is -3.22. The molecule has 0 bridgehead atoms. The number of benzene rings is 2. The fourth-order valence-electron chi connectivity index (χ4n) is 2.02. The van der Waals surface area contributed by atoms with Gasteiger partial charge in [-0.2, -0.15) is 0 Å². The molecule has 0 aliphatic carbocycles. The molecule has 3 rings (SSSR count). The first-order valence-corrected chi connectivity index (χ1v) is 7.58. The number of hydrogen-bond donors (Lipinski definition) is 0. The number of rotatable bonds is 6. The molecule has 2 aromatic carbocycles. The van der Waals surface area contributed by atoms with E-state index in [4.69, 9.17) is 13.9 Å². The third-order valence-electron chi connectivity index (χ3n) is 3.28. The highest BCUT2D eigenvalue weighted by Crippen LogP contribution is 2.18. The van der Waals surface area contributed by atoms with Crippen LogP contribution in [0.4, 0.5) is 4.39 Å². The topological polar surface area (TPSA) is 74.5 Å². The number of hydrogen-bond acceptors (Lipinski definition) is 6. The summed E-state index contributed by atoms with van der Waals surface area (Å²) in [6.45, 7) is 1.42. The molecule has 1 atom stereocenters. The lowest BCUT2D eigenvalue weighted by atomic mass is 10.2. The monoisotopic (exact) mass is 342 g/mol. The minimum absolute atomic E-state index is 0.139. The molecule has 0 spiro atoms. The van der Waals surface area contributed by atoms with Crippen LogP contribution in [0, 0.1) is 5.82 Å². The maximum absolute atomic E-state index is 12.9. The number of ether oxygens (including phenoxy) is 2. The maximum atomic E-state index is 12.9. The second-order valence-corrected chi connectivity index (χ2v) is 5.19. The minimum Gasteiger partial charge on any atom is -0.479 e. The molecular formula is C18H15FN2O4. The van der Waals surface area contributed by atoms with Crippen LogP contribution >= 0.6 is 0 Å². The molecule has 0 radical (unpaired) electrons. The minimum atomic E-state index is -0.776. The van der Waals surface area contributed by atoms with Crippen LogP contribution in [0.25, 0.3) is 11.5 Å². The van der Waals surface area contributed by atoms with Crippen molar-refractivity contribution >= 4 is 5.97 Å². The summed E-state index contributed by atoms with van der Waals surface area (Å²) >= 11 is 0. The zero-order valence-corrected chi connectivity index (χ0v) is 13.4. The smallest absolute Gasteiger partial charge is 0.347 e. The predicted molar refractivity (Wildman–Crippen MR) is 86.0 cm³/mol. The van der Waals surface area contributed by atoms with Crippen molar-refractivity contribution < 1.29 is 23.1 Å². The van der Waals surface area contributed by atoms with Gasteiger partial charge < -0.3 is 13.9 Å². The van der Waals surface area contributed by atoms with E-state index in [2.05, 4.69) is 10.2 Å². The third kappa shape index (κ3) is 4.41. The highest BCUT2D eigenvalue weighted by molar-refractivity contribution is 5.74. The molecule has 1 aromatic heterocycles. The van der Waals surface area contributed by atoms with Crippen molar-refractivity contribution in [1.82, 2.24) is 10.2 Å². The predicted octanol–water partition coefficient (Wildman–Crippen LogP) is 3.39. The molecule has 0 amide bonds. The van der Waals surface area contributed by atoms with E-state index in [1.807, 2.05) is 18.2 Å². The van der Waals surface area contributed by atoms with Crippen LogP contribution in [0.3, 0.4) is 0 Å². The molecule has 0 N–H and O–H groups in total. The van der Waals surface area contributed by atoms with Gasteiger partial charge in [0.05, 0.1) is 0 Å². The van der Waals surface area contributed by atoms with E-state index in [-0.39, 0.29) is 24.2 Å². The summed E-state index contributed by atoms with van der Waals surface area (Å²) in [5.41, 5.74) is 0.576. The summed E-state index contributed by atoms with van der Waals surface area (Å²) in [6, 6.07) is 14.6. The van der Waals surface area contributed by atoms with Crippen LogP contribution in [0.2, 0.25) is 0 Å². The van der Waals surface area contributed by atoms with Crippen LogP contribution in [0.5, 0.6) is 5.75 Å². The lowest BCUT2D eigenvalue weighted by Gasteiger charge is -2.12. The molecule has 0 saturated heterocycles. The summed E-state index contributed by atoms with van der Waals surface area (Å²) in [5, 5.41) is 7.65. The second kappa shape index (κ2) is 7.57. The average molecular weight is 342 g/mol. The van der Waals surface area contributed by atoms with Crippen molar-refractivity contribution in [1.29, 1.82) is 0 Å². The molecule has 0 saturated carbocycles. The van der Waals surface area contributed by atoms with E-state index in [0.717, 1.165) is 0 Å². The van der Waals surface area contributed by atoms with Crippen molar-refractivity contribution in [2.24, 2.45) is 0 Å². The second-order valence-electron chi connectivity index (χ2n) is 5.19. The largest absolute Gasteiger partial charge is 0.479 e. The summed E-state index contributed by atoms with van der Waals surface area (Å²) in [6.07, 6.45) is -0.776. The lowest BCUT2D eigenvalue weighted by molar-refractivity contribution is -0.153. The Balaban J connectivity index is 1.54. The molecule has 128 valence electrons. The number of aromatic nitrogens is 2. The molecule has 25 heavy (non-hydrogen) atoms. The van der Waals surface area contributed by atoms with E-state index in [0.29, 0.717) is 11.3 Å². The molecule has 6 nitrogen and oxygen atoms in total. The first-order valence-electron chi connectivity index (χ1n) is 7.58. The van der Waals surface area contributed by atoms with Gasteiger partial charge in [0.1, 0.15) is 11.6 Å². The van der Waals surface area contributed by atoms with Crippen LogP contribution in [0.1, 0.15) is 12.8 Å². The van der Waals surface area contributed by atoms with Gasteiger partial charge in [0.2, 0.25) is 5.89 Å². The fourth-order valence-corrected chi connectivity index (χ4v) is 2.02. The third-order valence-corrected chi connectivity index (χ3v) is 3.28. The molecule has 0 fully saturated rings. The van der Waals surface area contributed by atoms with E-state index in [9.17, 15) is 9.18 Å². The van der Waals surface area contributed by atoms with Gasteiger partial charge in [-0.15, -0.1) is 10.2 Å². The summed E-state index contributed by atoms with van der Waals surface area (Å²) in [5.74, 6) is 0.0257. The lowest BCUT2D eigenvalue weighted by Crippen LogP contribution is -2.26. The van der Waals surface area contributed by atoms with Gasteiger partial charge in [-0.3, -0.25) is 0 Å². The van der Waals surface area contributed by atoms with Gasteiger partial charge in [0.25, 0.3) is 5.89 Å². The molecule has 0 aliphatic heterocycles. The van der Waals surface area contributed by atoms with Crippen molar-refractivity contribution in [2.75, 3.05) is 0 Å². The Morgan fingerprint density at radius 2 is 1.84 bits per heavy atom. The fraction of sp³-hybridized carbons (Fsp3) is 0.167. The molecule has 7 heteroatoms. The van der Waals surface area contributed by atoms with Gasteiger partial charge in [0, 0.05) is 5.56 Å². The summed E-state index contributed by atoms with van der Waals surface area (Å²) < 4.78 is 28.9. The van der Waals surface area contributed by atoms with Gasteiger partial charge in [-0.25, -0.2) is 9.18 Å². The van der Waals surface area contributed by atoms with Gasteiger partial charge in [-0.1, -0.05) is 18.2 Å². The highest BCUT2D eigenvalue weighted by Gasteiger charge is 2.18. The Morgan fingerprint density at radius 3 is 2.56 bits per heavy atom. The number of halogens is 1. The molecular weight excluding hydrogens is 327 g/mol. The Morgan fingerprint density at radius 1 is 1.12 bits per heavy atom. The SMILES string of the molecule is C[C@H](Oc1ccccc1)C(=O)OCc1nnc(-c2ccc(F)cc2)o1. The van der Waals surface area contributed by atoms with Crippen molar-refractivity contribution in [3.05, 3.63) is 66.3 Å². The first kappa shape index (κ1) is 16.6. The van der Waals surface area contributed by atoms with Gasteiger partial charge in [0.15, 0.2) is 12.7 Å². The first-order chi connectivity index (χ1) is 12.1. The van der Waals surface area contributed by atoms with Crippen LogP contribution in [0.15, 0.2) is 59.0 Å². The Labute approximate surface area is 143 Å². The Bertz CT molecular complexity index is 834. The van der Waals surface area contributed by atoms with E-state index >= 15 is 0 Å². The number of para-hydroxylation sites is 1. The molecule has 1 heterocycles. The molecule has 3 aromatic rings. The zero-order chi connectivity index (χ0) is 17.6. The van der Waals surface area contributed by atoms with Crippen molar-refractivity contribution in [3.8, 4) is 17.2 Å². The number of nitrogens with zero attached hydrogens (tertiary/aromatic N) is 2. The highest BCUT2D eigenvalue weighted by atomic mass is 19.1. The number of carbonyl (C=O) groups excluding carboxylic acids is 1. The van der Waals surface area contributed by atoms with E-state index in [1.165, 1.54) is 24.3 Å². The van der Waals surface area contributed by atoms with E-state index < -0.39 is 12.1 Å². The normalized spacial score (nSPS) is 11.8. The molecule has 0 aliphatic rings. The van der Waals surface area contributed by atoms with Crippen LogP contribution in [-0.4, -0.2) is 22.3 Å². The van der Waals surface area contributed by atoms with Crippen LogP contribution < -0.4 is 4.74 Å². The van der Waals surface area contributed by atoms with Gasteiger partial charge in [-0.05, 0) is 43.3 Å². The van der Waals surface area contributed by atoms with Crippen molar-refractivity contribution in [3.63, 3.8) is 0 Å².